The largest absolute Gasteiger partial charge is 0.493 e. The molecule has 1 aliphatic heterocycles. The first kappa shape index (κ1) is 31.0. The number of hydrogen-bond donors (Lipinski definition) is 0. The molecule has 0 unspecified atom stereocenters. The van der Waals surface area contributed by atoms with Gasteiger partial charge in [0.15, 0.2) is 16.7 Å². The van der Waals surface area contributed by atoms with E-state index in [4.69, 9.17) is 9.47 Å². The molecule has 0 saturated carbocycles. The van der Waals surface area contributed by atoms with Crippen LogP contribution in [-0.2, 0) is 14.8 Å². The van der Waals surface area contributed by atoms with Crippen LogP contribution in [0.1, 0.15) is 57.4 Å². The van der Waals surface area contributed by atoms with Crippen LogP contribution < -0.4 is 9.47 Å². The van der Waals surface area contributed by atoms with Gasteiger partial charge in [-0.3, -0.25) is 9.69 Å². The Kier molecular flexibility index (Phi) is 12.1. The number of amides is 1. The van der Waals surface area contributed by atoms with Crippen LogP contribution in [0.3, 0.4) is 0 Å². The standard InChI is InChI=1S/C29H35BrN2O5S2/c1-4-6-7-8-9-10-11-19-37-25-17-12-22(20-26(25)36-3)21-27-28(33)32(18-5-2)29(38-27)31-39(34,35)24-15-13-23(30)14-16-24/h5,12-17,20-21H,2,4,6-11,18-19H2,1,3H3/b27-21-,31-29+. The lowest BCUT2D eigenvalue weighted by molar-refractivity contribution is -0.121. The predicted molar refractivity (Wildman–Crippen MR) is 163 cm³/mol. The summed E-state index contributed by atoms with van der Waals surface area (Å²) in [4.78, 5) is 14.8. The fraction of sp³-hybridized carbons (Fsp3) is 0.379. The number of sulfonamides is 1. The van der Waals surface area contributed by atoms with Gasteiger partial charge in [-0.2, -0.15) is 8.42 Å². The summed E-state index contributed by atoms with van der Waals surface area (Å²) in [6, 6.07) is 11.6. The van der Waals surface area contributed by atoms with E-state index in [1.54, 1.807) is 31.4 Å². The second kappa shape index (κ2) is 15.3. The molecule has 7 nitrogen and oxygen atoms in total. The molecule has 1 amide bonds. The smallest absolute Gasteiger partial charge is 0.284 e. The fourth-order valence-corrected chi connectivity index (χ4v) is 6.37. The highest BCUT2D eigenvalue weighted by molar-refractivity contribution is 9.10. The molecule has 0 atom stereocenters. The monoisotopic (exact) mass is 634 g/mol. The maximum atomic E-state index is 13.1. The van der Waals surface area contributed by atoms with Crippen molar-refractivity contribution in [3.05, 3.63) is 70.1 Å². The van der Waals surface area contributed by atoms with Crippen molar-refractivity contribution in [2.24, 2.45) is 4.40 Å². The number of nitrogens with zero attached hydrogens (tertiary/aromatic N) is 2. The van der Waals surface area contributed by atoms with Gasteiger partial charge in [-0.1, -0.05) is 73.5 Å². The second-order valence-electron chi connectivity index (χ2n) is 9.00. The van der Waals surface area contributed by atoms with Crippen LogP contribution in [0, 0.1) is 0 Å². The Morgan fingerprint density at radius 3 is 2.38 bits per heavy atom. The summed E-state index contributed by atoms with van der Waals surface area (Å²) in [6.07, 6.45) is 11.7. The third-order valence-corrected chi connectivity index (χ3v) is 8.93. The van der Waals surface area contributed by atoms with Crippen molar-refractivity contribution in [3.8, 4) is 11.5 Å². The lowest BCUT2D eigenvalue weighted by atomic mass is 10.1. The van der Waals surface area contributed by atoms with E-state index in [0.29, 0.717) is 23.0 Å². The van der Waals surface area contributed by atoms with Crippen molar-refractivity contribution in [2.75, 3.05) is 20.3 Å². The third-order valence-electron chi connectivity index (χ3n) is 6.00. The molecule has 2 aromatic rings. The van der Waals surface area contributed by atoms with Crippen molar-refractivity contribution >= 4 is 54.9 Å². The topological polar surface area (TPSA) is 85.3 Å². The summed E-state index contributed by atoms with van der Waals surface area (Å²) < 4.78 is 42.0. The van der Waals surface area contributed by atoms with Gasteiger partial charge in [-0.15, -0.1) is 11.0 Å². The highest BCUT2D eigenvalue weighted by Gasteiger charge is 2.34. The van der Waals surface area contributed by atoms with Crippen LogP contribution in [-0.4, -0.2) is 44.7 Å². The van der Waals surface area contributed by atoms with Gasteiger partial charge >= 0.3 is 0 Å². The van der Waals surface area contributed by atoms with E-state index in [-0.39, 0.29) is 22.5 Å². The Balaban J connectivity index is 1.72. The normalized spacial score (nSPS) is 15.8. The maximum Gasteiger partial charge on any atom is 0.284 e. The zero-order valence-corrected chi connectivity index (χ0v) is 25.6. The summed E-state index contributed by atoms with van der Waals surface area (Å²) in [5, 5.41) is 0.0793. The number of hydrogen-bond acceptors (Lipinski definition) is 6. The zero-order valence-electron chi connectivity index (χ0n) is 22.4. The van der Waals surface area contributed by atoms with E-state index in [1.165, 1.54) is 55.2 Å². The average Bonchev–Trinajstić information content (AvgIpc) is 3.19. The molecule has 0 aromatic heterocycles. The van der Waals surface area contributed by atoms with E-state index in [2.05, 4.69) is 33.8 Å². The first-order valence-corrected chi connectivity index (χ1v) is 16.1. The van der Waals surface area contributed by atoms with E-state index >= 15 is 0 Å². The minimum absolute atomic E-state index is 0.0408. The van der Waals surface area contributed by atoms with E-state index < -0.39 is 10.0 Å². The molecule has 3 rings (SSSR count). The summed E-state index contributed by atoms with van der Waals surface area (Å²) in [5.41, 5.74) is 0.724. The Labute approximate surface area is 244 Å². The minimum Gasteiger partial charge on any atom is -0.493 e. The van der Waals surface area contributed by atoms with Crippen LogP contribution in [0.2, 0.25) is 0 Å². The molecule has 0 radical (unpaired) electrons. The minimum atomic E-state index is -4.01. The number of carbonyl (C=O) groups excluding carboxylic acids is 1. The highest BCUT2D eigenvalue weighted by Crippen LogP contribution is 2.35. The van der Waals surface area contributed by atoms with Crippen molar-refractivity contribution in [1.29, 1.82) is 0 Å². The summed E-state index contributed by atoms with van der Waals surface area (Å²) in [7, 11) is -2.44. The zero-order chi connectivity index (χ0) is 28.3. The molecular formula is C29H35BrN2O5S2. The highest BCUT2D eigenvalue weighted by atomic mass is 79.9. The lowest BCUT2D eigenvalue weighted by Crippen LogP contribution is -2.29. The third kappa shape index (κ3) is 8.98. The van der Waals surface area contributed by atoms with Gasteiger partial charge in [-0.05, 0) is 66.2 Å². The molecule has 0 spiro atoms. The van der Waals surface area contributed by atoms with Gasteiger partial charge in [0.25, 0.3) is 15.9 Å². The van der Waals surface area contributed by atoms with E-state index in [0.717, 1.165) is 34.6 Å². The first-order valence-electron chi connectivity index (χ1n) is 13.0. The first-order chi connectivity index (χ1) is 18.8. The molecule has 10 heteroatoms. The van der Waals surface area contributed by atoms with Crippen molar-refractivity contribution in [1.82, 2.24) is 4.90 Å². The summed E-state index contributed by atoms with van der Waals surface area (Å²) >= 11 is 4.31. The van der Waals surface area contributed by atoms with E-state index in [1.807, 2.05) is 12.1 Å². The average molecular weight is 636 g/mol. The van der Waals surface area contributed by atoms with Crippen molar-refractivity contribution in [2.45, 2.75) is 56.8 Å². The predicted octanol–water partition coefficient (Wildman–Crippen LogP) is 7.43. The summed E-state index contributed by atoms with van der Waals surface area (Å²) in [5.74, 6) is 0.868. The number of halogens is 1. The Morgan fingerprint density at radius 2 is 1.72 bits per heavy atom. The lowest BCUT2D eigenvalue weighted by Gasteiger charge is -2.12. The molecule has 1 fully saturated rings. The summed E-state index contributed by atoms with van der Waals surface area (Å²) in [6.45, 7) is 6.65. The molecule has 1 heterocycles. The second-order valence-corrected chi connectivity index (χ2v) is 12.5. The number of thioether (sulfide) groups is 1. The van der Waals surface area contributed by atoms with Gasteiger partial charge in [0.1, 0.15) is 0 Å². The number of ether oxygens (including phenoxy) is 2. The van der Waals surface area contributed by atoms with Gasteiger partial charge in [0, 0.05) is 11.0 Å². The van der Waals surface area contributed by atoms with Crippen molar-refractivity contribution < 1.29 is 22.7 Å². The SMILES string of the molecule is C=CCN1C(=O)/C(=C/c2ccc(OCCCCCCCCC)c(OC)c2)S/C1=N/S(=O)(=O)c1ccc(Br)cc1. The van der Waals surface area contributed by atoms with Gasteiger partial charge < -0.3 is 9.47 Å². The van der Waals surface area contributed by atoms with Crippen LogP contribution in [0.4, 0.5) is 0 Å². The van der Waals surface area contributed by atoms with Crippen LogP contribution in [0.25, 0.3) is 6.08 Å². The van der Waals surface area contributed by atoms with Gasteiger partial charge in [0.2, 0.25) is 0 Å². The Bertz CT molecular complexity index is 1310. The van der Waals surface area contributed by atoms with Crippen LogP contribution in [0.15, 0.2) is 73.8 Å². The van der Waals surface area contributed by atoms with Crippen LogP contribution >= 0.6 is 27.7 Å². The quantitative estimate of drug-likeness (QED) is 0.115. The molecule has 39 heavy (non-hydrogen) atoms. The Hall–Kier alpha value is -2.56. The number of unbranched alkanes of at least 4 members (excludes halogenated alkanes) is 6. The van der Waals surface area contributed by atoms with Gasteiger partial charge in [-0.25, -0.2) is 0 Å². The molecule has 0 N–H and O–H groups in total. The number of rotatable bonds is 15. The van der Waals surface area contributed by atoms with Crippen molar-refractivity contribution in [3.63, 3.8) is 0 Å². The molecule has 0 bridgehead atoms. The molecular weight excluding hydrogens is 600 g/mol. The van der Waals surface area contributed by atoms with Crippen LogP contribution in [0.5, 0.6) is 11.5 Å². The van der Waals surface area contributed by atoms with E-state index in [9.17, 15) is 13.2 Å². The molecule has 1 aliphatic rings. The number of amidine groups is 1. The molecule has 2 aromatic carbocycles. The number of methoxy groups -OCH3 is 1. The van der Waals surface area contributed by atoms with Gasteiger partial charge in [0.05, 0.1) is 23.5 Å². The maximum absolute atomic E-state index is 13.1. The number of carbonyl (C=O) groups is 1. The fourth-order valence-electron chi connectivity index (χ4n) is 3.91. The Morgan fingerprint density at radius 1 is 1.03 bits per heavy atom. The molecule has 1 saturated heterocycles. The molecule has 210 valence electrons. The number of benzene rings is 2. The molecule has 0 aliphatic carbocycles.